The van der Waals surface area contributed by atoms with Crippen LogP contribution in [0.15, 0.2) is 48.5 Å². The van der Waals surface area contributed by atoms with E-state index in [1.165, 1.54) is 5.56 Å². The van der Waals surface area contributed by atoms with Gasteiger partial charge in [-0.3, -0.25) is 9.59 Å². The Balaban J connectivity index is 1.61. The van der Waals surface area contributed by atoms with Crippen LogP contribution in [0.1, 0.15) is 49.8 Å². The maximum Gasteiger partial charge on any atom is 0.268 e. The minimum atomic E-state index is -0.949. The first-order chi connectivity index (χ1) is 14.3. The van der Waals surface area contributed by atoms with Gasteiger partial charge in [-0.1, -0.05) is 48.9 Å². The van der Waals surface area contributed by atoms with E-state index in [2.05, 4.69) is 32.9 Å². The van der Waals surface area contributed by atoms with Gasteiger partial charge in [0.05, 0.1) is 12.2 Å². The molecule has 3 aliphatic rings. The number of carbonyl (C=O) groups excluding carboxylic acids is 2. The van der Waals surface area contributed by atoms with Crippen LogP contribution in [-0.4, -0.2) is 28.0 Å². The second-order valence-electron chi connectivity index (χ2n) is 9.39. The lowest BCUT2D eigenvalue weighted by atomic mass is 9.83. The average Bonchev–Trinajstić information content (AvgIpc) is 3.09. The molecule has 2 fully saturated rings. The fraction of sp³-hybridized carbons (Fsp3) is 0.440. The Labute approximate surface area is 182 Å². The highest BCUT2D eigenvalue weighted by atomic mass is 32.2. The van der Waals surface area contributed by atoms with Crippen molar-refractivity contribution in [2.45, 2.75) is 56.2 Å². The third-order valence-corrected chi connectivity index (χ3v) is 8.34. The third-order valence-electron chi connectivity index (χ3n) is 6.75. The molecule has 2 aliphatic heterocycles. The molecule has 0 unspecified atom stereocenters. The molecule has 0 aromatic heterocycles. The van der Waals surface area contributed by atoms with Crippen LogP contribution in [0.4, 0.5) is 5.69 Å². The van der Waals surface area contributed by atoms with E-state index < -0.39 is 4.87 Å². The summed E-state index contributed by atoms with van der Waals surface area (Å²) < 4.78 is -0.180. The summed E-state index contributed by atoms with van der Waals surface area (Å²) in [5.74, 6) is 0.247. The van der Waals surface area contributed by atoms with Crippen LogP contribution >= 0.6 is 11.8 Å². The zero-order valence-electron chi connectivity index (χ0n) is 17.9. The molecule has 30 heavy (non-hydrogen) atoms. The molecule has 0 bridgehead atoms. The van der Waals surface area contributed by atoms with Crippen LogP contribution < -0.4 is 4.90 Å². The maximum absolute atomic E-state index is 14.1. The summed E-state index contributed by atoms with van der Waals surface area (Å²) >= 11 is 1.65. The zero-order valence-corrected chi connectivity index (χ0v) is 18.7. The predicted octanol–water partition coefficient (Wildman–Crippen LogP) is 4.85. The van der Waals surface area contributed by atoms with Gasteiger partial charge in [-0.2, -0.15) is 0 Å². The van der Waals surface area contributed by atoms with Crippen molar-refractivity contribution in [3.63, 3.8) is 0 Å². The Bertz CT molecular complexity index is 1030. The molecule has 1 atom stereocenters. The molecule has 1 saturated heterocycles. The molecule has 2 aromatic rings. The number of aryl methyl sites for hydroxylation is 1. The molecule has 5 heteroatoms. The minimum absolute atomic E-state index is 0.0233. The van der Waals surface area contributed by atoms with Gasteiger partial charge in [0.25, 0.3) is 5.91 Å². The van der Waals surface area contributed by atoms with Crippen molar-refractivity contribution >= 4 is 29.3 Å². The van der Waals surface area contributed by atoms with Crippen LogP contribution in [0.25, 0.3) is 0 Å². The molecule has 0 radical (unpaired) electrons. The first-order valence-electron chi connectivity index (χ1n) is 10.8. The summed E-state index contributed by atoms with van der Waals surface area (Å²) in [6.07, 6.45) is 3.00. The van der Waals surface area contributed by atoms with E-state index in [1.807, 2.05) is 46.2 Å². The first-order valence-corrected chi connectivity index (χ1v) is 11.6. The predicted molar refractivity (Wildman–Crippen MR) is 121 cm³/mol. The summed E-state index contributed by atoms with van der Waals surface area (Å²) in [5, 5.41) is 0. The van der Waals surface area contributed by atoms with Crippen molar-refractivity contribution in [3.05, 3.63) is 65.2 Å². The van der Waals surface area contributed by atoms with Crippen LogP contribution in [-0.2, 0) is 21.0 Å². The number of nitrogens with zero attached hydrogens (tertiary/aromatic N) is 2. The monoisotopic (exact) mass is 420 g/mol. The smallest absolute Gasteiger partial charge is 0.268 e. The molecule has 4 nitrogen and oxygen atoms in total. The summed E-state index contributed by atoms with van der Waals surface area (Å²) in [4.78, 5) is 30.5. The molecule has 1 aliphatic carbocycles. The largest absolute Gasteiger partial charge is 0.314 e. The van der Waals surface area contributed by atoms with Gasteiger partial charge in [-0.05, 0) is 50.8 Å². The van der Waals surface area contributed by atoms with Crippen molar-refractivity contribution in [2.75, 3.05) is 11.4 Å². The SMILES string of the molecule is Cc1ccccc1CN1C(=O)[C@@]2(SC(C)(C)CN2C(=O)C2CCC2)c2ccccc21. The average molecular weight is 421 g/mol. The third kappa shape index (κ3) is 2.82. The van der Waals surface area contributed by atoms with Gasteiger partial charge in [0.2, 0.25) is 5.91 Å². The number of hydrogen-bond acceptors (Lipinski definition) is 3. The van der Waals surface area contributed by atoms with E-state index >= 15 is 0 Å². The van der Waals surface area contributed by atoms with Crippen LogP contribution in [0.2, 0.25) is 0 Å². The summed E-state index contributed by atoms with van der Waals surface area (Å²) in [6, 6.07) is 16.2. The maximum atomic E-state index is 14.1. The topological polar surface area (TPSA) is 40.6 Å². The van der Waals surface area contributed by atoms with E-state index in [1.54, 1.807) is 11.8 Å². The summed E-state index contributed by atoms with van der Waals surface area (Å²) in [7, 11) is 0. The van der Waals surface area contributed by atoms with Gasteiger partial charge < -0.3 is 9.80 Å². The molecule has 5 rings (SSSR count). The first kappa shape index (κ1) is 19.7. The van der Waals surface area contributed by atoms with Gasteiger partial charge in [0, 0.05) is 22.8 Å². The Hall–Kier alpha value is -2.27. The molecule has 2 amide bonds. The number of anilines is 1. The molecule has 156 valence electrons. The Morgan fingerprint density at radius 1 is 1.10 bits per heavy atom. The highest BCUT2D eigenvalue weighted by molar-refractivity contribution is 8.02. The Morgan fingerprint density at radius 2 is 1.80 bits per heavy atom. The molecule has 1 saturated carbocycles. The van der Waals surface area contributed by atoms with Gasteiger partial charge in [-0.15, -0.1) is 11.8 Å². The van der Waals surface area contributed by atoms with Crippen molar-refractivity contribution in [2.24, 2.45) is 5.92 Å². The van der Waals surface area contributed by atoms with E-state index in [-0.39, 0.29) is 22.5 Å². The van der Waals surface area contributed by atoms with Crippen LogP contribution in [0.5, 0.6) is 0 Å². The van der Waals surface area contributed by atoms with Crippen molar-refractivity contribution in [1.82, 2.24) is 4.90 Å². The number of amides is 2. The molecule has 2 heterocycles. The quantitative estimate of drug-likeness (QED) is 0.713. The van der Waals surface area contributed by atoms with Gasteiger partial charge in [0.15, 0.2) is 4.87 Å². The molecular weight excluding hydrogens is 392 g/mol. The Kier molecular flexibility index (Phi) is 4.51. The lowest BCUT2D eigenvalue weighted by molar-refractivity contribution is -0.146. The minimum Gasteiger partial charge on any atom is -0.314 e. The summed E-state index contributed by atoms with van der Waals surface area (Å²) in [6.45, 7) is 7.50. The number of carbonyl (C=O) groups is 2. The second kappa shape index (κ2) is 6.88. The molecular formula is C25H28N2O2S. The van der Waals surface area contributed by atoms with E-state index in [0.29, 0.717) is 13.1 Å². The zero-order chi connectivity index (χ0) is 21.1. The highest BCUT2D eigenvalue weighted by Crippen LogP contribution is 2.60. The van der Waals surface area contributed by atoms with Gasteiger partial charge in [-0.25, -0.2) is 0 Å². The van der Waals surface area contributed by atoms with Crippen molar-refractivity contribution in [3.8, 4) is 0 Å². The van der Waals surface area contributed by atoms with E-state index in [4.69, 9.17) is 0 Å². The molecule has 2 aromatic carbocycles. The van der Waals surface area contributed by atoms with Gasteiger partial charge in [0.1, 0.15) is 0 Å². The second-order valence-corrected chi connectivity index (χ2v) is 11.3. The van der Waals surface area contributed by atoms with Gasteiger partial charge >= 0.3 is 0 Å². The lowest BCUT2D eigenvalue weighted by Crippen LogP contribution is -2.52. The number of rotatable bonds is 3. The van der Waals surface area contributed by atoms with E-state index in [0.717, 1.165) is 36.1 Å². The lowest BCUT2D eigenvalue weighted by Gasteiger charge is -2.37. The van der Waals surface area contributed by atoms with Crippen molar-refractivity contribution < 1.29 is 9.59 Å². The number of thioether (sulfide) groups is 1. The van der Waals surface area contributed by atoms with Crippen LogP contribution in [0.3, 0.4) is 0 Å². The summed E-state index contributed by atoms with van der Waals surface area (Å²) in [5.41, 5.74) is 4.21. The molecule has 0 N–H and O–H groups in total. The normalized spacial score (nSPS) is 25.0. The fourth-order valence-corrected chi connectivity index (χ4v) is 6.70. The number of fused-ring (bicyclic) bond motifs is 2. The molecule has 1 spiro atoms. The number of hydrogen-bond donors (Lipinski definition) is 0. The van der Waals surface area contributed by atoms with E-state index in [9.17, 15) is 9.59 Å². The standard InChI is InChI=1S/C25H28N2O2S/c1-17-9-4-5-10-19(17)15-26-21-14-7-6-13-20(21)25(23(26)29)27(16-24(2,3)30-25)22(28)18-11-8-12-18/h4-7,9-10,13-14,18H,8,11-12,15-16H2,1-3H3/t25-/m0/s1. The van der Waals surface area contributed by atoms with Crippen LogP contribution in [0, 0.1) is 12.8 Å². The fourth-order valence-electron chi connectivity index (χ4n) is 4.97. The Morgan fingerprint density at radius 3 is 2.50 bits per heavy atom. The van der Waals surface area contributed by atoms with Crippen molar-refractivity contribution in [1.29, 1.82) is 0 Å². The number of para-hydroxylation sites is 1. The number of benzene rings is 2. The highest BCUT2D eigenvalue weighted by Gasteiger charge is 2.64.